The number of hydrogen-bond acceptors (Lipinski definition) is 10. The maximum Gasteiger partial charge on any atom is 0.410 e. The second kappa shape index (κ2) is 11.1. The average molecular weight is 546 g/mol. The van der Waals surface area contributed by atoms with E-state index in [2.05, 4.69) is 35.7 Å². The van der Waals surface area contributed by atoms with Crippen LogP contribution in [0.2, 0.25) is 0 Å². The van der Waals surface area contributed by atoms with Crippen molar-refractivity contribution in [3.05, 3.63) is 66.5 Å². The summed E-state index contributed by atoms with van der Waals surface area (Å²) >= 11 is 0. The first-order chi connectivity index (χ1) is 19.1. The molecule has 0 aliphatic carbocycles. The second-order valence-electron chi connectivity index (χ2n) is 10.1. The summed E-state index contributed by atoms with van der Waals surface area (Å²) in [6.07, 6.45) is 5.29. The van der Waals surface area contributed by atoms with Gasteiger partial charge in [-0.2, -0.15) is 0 Å². The lowest BCUT2D eigenvalue weighted by Gasteiger charge is -2.35. The monoisotopic (exact) mass is 545 g/mol. The summed E-state index contributed by atoms with van der Waals surface area (Å²) in [7, 11) is 0. The fourth-order valence-corrected chi connectivity index (χ4v) is 3.99. The molecule has 12 nitrogen and oxygen atoms in total. The van der Waals surface area contributed by atoms with Crippen molar-refractivity contribution in [3.63, 3.8) is 0 Å². The van der Waals surface area contributed by atoms with Gasteiger partial charge in [0.2, 0.25) is 5.95 Å². The number of hydrazine groups is 1. The van der Waals surface area contributed by atoms with Gasteiger partial charge in [-0.1, -0.05) is 6.07 Å². The maximum absolute atomic E-state index is 14.6. The minimum atomic E-state index is -0.583. The van der Waals surface area contributed by atoms with Crippen LogP contribution in [0.3, 0.4) is 0 Å². The van der Waals surface area contributed by atoms with Gasteiger partial charge < -0.3 is 15.0 Å². The highest BCUT2D eigenvalue weighted by Gasteiger charge is 2.26. The third-order valence-electron chi connectivity index (χ3n) is 5.94. The van der Waals surface area contributed by atoms with E-state index in [1.165, 1.54) is 6.20 Å². The molecule has 0 saturated carbocycles. The molecule has 5 rings (SSSR count). The van der Waals surface area contributed by atoms with Crippen LogP contribution in [-0.2, 0) is 4.74 Å². The van der Waals surface area contributed by atoms with Crippen molar-refractivity contribution >= 4 is 34.8 Å². The topological polar surface area (TPSA) is 138 Å². The van der Waals surface area contributed by atoms with Crippen LogP contribution in [-0.4, -0.2) is 78.6 Å². The summed E-state index contributed by atoms with van der Waals surface area (Å²) in [5, 5.41) is 4.69. The molecule has 206 valence electrons. The molecule has 0 spiro atoms. The molecule has 40 heavy (non-hydrogen) atoms. The Morgan fingerprint density at radius 2 is 1.68 bits per heavy atom. The zero-order chi connectivity index (χ0) is 28.3. The van der Waals surface area contributed by atoms with Gasteiger partial charge in [0.15, 0.2) is 5.82 Å². The Morgan fingerprint density at radius 1 is 0.925 bits per heavy atom. The molecule has 1 aliphatic rings. The molecule has 1 aliphatic heterocycles. The summed E-state index contributed by atoms with van der Waals surface area (Å²) in [5.41, 5.74) is 4.56. The Kier molecular flexibility index (Phi) is 7.47. The highest BCUT2D eigenvalue weighted by Crippen LogP contribution is 2.25. The van der Waals surface area contributed by atoms with E-state index < -0.39 is 11.4 Å². The van der Waals surface area contributed by atoms with E-state index in [0.29, 0.717) is 54.2 Å². The van der Waals surface area contributed by atoms with Gasteiger partial charge in [0.1, 0.15) is 17.1 Å². The smallest absolute Gasteiger partial charge is 0.410 e. The number of pyridine rings is 1. The number of aromatic nitrogens is 5. The summed E-state index contributed by atoms with van der Waals surface area (Å²) in [6.45, 7) is 7.26. The normalized spacial score (nSPS) is 14.2. The predicted octanol–water partition coefficient (Wildman–Crippen LogP) is 3.56. The van der Waals surface area contributed by atoms with E-state index >= 15 is 0 Å². The minimum Gasteiger partial charge on any atom is -0.444 e. The average Bonchev–Trinajstić information content (AvgIpc) is 2.93. The van der Waals surface area contributed by atoms with Crippen molar-refractivity contribution in [2.75, 3.05) is 31.5 Å². The second-order valence-corrected chi connectivity index (χ2v) is 10.1. The van der Waals surface area contributed by atoms with Crippen molar-refractivity contribution in [1.29, 1.82) is 0 Å². The van der Waals surface area contributed by atoms with Crippen LogP contribution in [0.5, 0.6) is 0 Å². The van der Waals surface area contributed by atoms with Gasteiger partial charge in [0, 0.05) is 50.3 Å². The van der Waals surface area contributed by atoms with Gasteiger partial charge in [-0.05, 0) is 45.0 Å². The summed E-state index contributed by atoms with van der Waals surface area (Å²) in [5.74, 6) is -0.391. The van der Waals surface area contributed by atoms with Crippen LogP contribution in [0.25, 0.3) is 22.3 Å². The molecular weight excluding hydrogens is 517 g/mol. The molecule has 1 fully saturated rings. The molecule has 4 heterocycles. The van der Waals surface area contributed by atoms with Gasteiger partial charge >= 0.3 is 6.09 Å². The van der Waals surface area contributed by atoms with E-state index in [4.69, 9.17) is 4.74 Å². The Bertz CT molecular complexity index is 1530. The number of anilines is 2. The molecule has 4 aromatic rings. The molecule has 0 atom stereocenters. The lowest BCUT2D eigenvalue weighted by atomic mass is 10.1. The maximum atomic E-state index is 14.6. The van der Waals surface area contributed by atoms with Crippen LogP contribution in [0.4, 0.5) is 21.0 Å². The van der Waals surface area contributed by atoms with Crippen molar-refractivity contribution in [2.45, 2.75) is 26.4 Å². The van der Waals surface area contributed by atoms with Crippen LogP contribution in [0, 0.1) is 5.82 Å². The molecule has 13 heteroatoms. The lowest BCUT2D eigenvalue weighted by Crippen LogP contribution is -2.55. The number of rotatable bonds is 5. The van der Waals surface area contributed by atoms with Gasteiger partial charge in [0.25, 0.3) is 5.91 Å². The number of benzene rings is 1. The first-order valence-electron chi connectivity index (χ1n) is 12.7. The molecule has 1 saturated heterocycles. The Hall–Kier alpha value is -4.78. The quantitative estimate of drug-likeness (QED) is 0.383. The number of nitrogens with zero attached hydrogens (tertiary/aromatic N) is 7. The van der Waals surface area contributed by atoms with Crippen LogP contribution in [0.1, 0.15) is 31.1 Å². The first kappa shape index (κ1) is 26.8. The number of piperazine rings is 1. The number of halogens is 1. The van der Waals surface area contributed by atoms with Gasteiger partial charge in [-0.15, -0.1) is 0 Å². The van der Waals surface area contributed by atoms with Gasteiger partial charge in [-0.3, -0.25) is 20.2 Å². The van der Waals surface area contributed by atoms with Gasteiger partial charge in [0.05, 0.1) is 22.8 Å². The first-order valence-corrected chi connectivity index (χ1v) is 12.7. The molecule has 2 N–H and O–H groups in total. The fourth-order valence-electron chi connectivity index (χ4n) is 3.99. The zero-order valence-electron chi connectivity index (χ0n) is 22.3. The Morgan fingerprint density at radius 3 is 2.38 bits per heavy atom. The Labute approximate surface area is 229 Å². The van der Waals surface area contributed by atoms with Crippen LogP contribution in [0.15, 0.2) is 55.1 Å². The molecule has 1 aromatic carbocycles. The number of fused-ring (bicyclic) bond motifs is 1. The molecule has 0 radical (unpaired) electrons. The van der Waals surface area contributed by atoms with E-state index in [1.54, 1.807) is 52.6 Å². The largest absolute Gasteiger partial charge is 0.444 e. The fraction of sp³-hybridized carbons (Fsp3) is 0.296. The molecule has 0 unspecified atom stereocenters. The minimum absolute atomic E-state index is 0.104. The molecule has 2 amide bonds. The van der Waals surface area contributed by atoms with Crippen molar-refractivity contribution in [1.82, 2.24) is 40.3 Å². The summed E-state index contributed by atoms with van der Waals surface area (Å²) < 4.78 is 20.0. The Balaban J connectivity index is 1.19. The van der Waals surface area contributed by atoms with E-state index in [9.17, 15) is 14.0 Å². The van der Waals surface area contributed by atoms with Crippen molar-refractivity contribution < 1.29 is 18.7 Å². The summed E-state index contributed by atoms with van der Waals surface area (Å²) in [6, 6.07) is 8.38. The highest BCUT2D eigenvalue weighted by molar-refractivity contribution is 5.93. The number of amides is 2. The van der Waals surface area contributed by atoms with Crippen molar-refractivity contribution in [3.8, 4) is 11.3 Å². The van der Waals surface area contributed by atoms with E-state index in [1.807, 2.05) is 20.8 Å². The summed E-state index contributed by atoms with van der Waals surface area (Å²) in [4.78, 5) is 47.6. The molecular formula is C27H28FN9O3. The standard InChI is InChI=1S/C27H28FN9O3/c1-27(2,3)40-26(39)36-10-12-37(13-11-36)35-24(38)18-5-7-22(31-15-18)33-25-32-16-19(28)23(34-25)17-4-6-20-21(14-17)30-9-8-29-20/h4-9,14-16H,10-13H2,1-3H3,(H,35,38)(H,31,32,33,34). The molecule has 3 aromatic heterocycles. The number of hydrogen-bond donors (Lipinski definition) is 2. The van der Waals surface area contributed by atoms with Crippen LogP contribution < -0.4 is 10.7 Å². The third-order valence-corrected chi connectivity index (χ3v) is 5.94. The SMILES string of the molecule is CC(C)(C)OC(=O)N1CCN(NC(=O)c2ccc(Nc3ncc(F)c(-c4ccc5nccnc5c4)n3)nc2)CC1. The number of nitrogens with one attached hydrogen (secondary N) is 2. The number of carbonyl (C=O) groups excluding carboxylic acids is 2. The number of ether oxygens (including phenoxy) is 1. The van der Waals surface area contributed by atoms with Crippen molar-refractivity contribution in [2.24, 2.45) is 0 Å². The highest BCUT2D eigenvalue weighted by atomic mass is 19.1. The number of carbonyl (C=O) groups is 2. The zero-order valence-corrected chi connectivity index (χ0v) is 22.3. The predicted molar refractivity (Wildman–Crippen MR) is 145 cm³/mol. The third kappa shape index (κ3) is 6.43. The lowest BCUT2D eigenvalue weighted by molar-refractivity contribution is 0.00975. The van der Waals surface area contributed by atoms with Gasteiger partial charge in [-0.25, -0.2) is 29.1 Å². The van der Waals surface area contributed by atoms with Crippen LogP contribution >= 0.6 is 0 Å². The van der Waals surface area contributed by atoms with E-state index in [-0.39, 0.29) is 23.6 Å². The van der Waals surface area contributed by atoms with E-state index in [0.717, 1.165) is 6.20 Å². The molecule has 0 bridgehead atoms.